The molecule has 0 N–H and O–H groups in total. The summed E-state index contributed by atoms with van der Waals surface area (Å²) in [5.41, 5.74) is 1.00. The summed E-state index contributed by atoms with van der Waals surface area (Å²) in [6.45, 7) is 4.96. The molecule has 0 aliphatic heterocycles. The Morgan fingerprint density at radius 1 is 1.14 bits per heavy atom. The second kappa shape index (κ2) is 10.4. The Kier molecular flexibility index (Phi) is 7.97. The Hall–Kier alpha value is -2.91. The van der Waals surface area contributed by atoms with E-state index in [0.717, 1.165) is 0 Å². The zero-order chi connectivity index (χ0) is 20.5. The van der Waals surface area contributed by atoms with Gasteiger partial charge in [-0.2, -0.15) is 5.26 Å². The maximum Gasteiger partial charge on any atom is 0.258 e. The normalized spacial score (nSPS) is 10.1. The summed E-state index contributed by atoms with van der Waals surface area (Å²) in [6, 6.07) is 12.4. The van der Waals surface area contributed by atoms with Crippen molar-refractivity contribution in [3.63, 3.8) is 0 Å². The fourth-order valence-electron chi connectivity index (χ4n) is 2.68. The van der Waals surface area contributed by atoms with Crippen molar-refractivity contribution in [1.82, 2.24) is 0 Å². The van der Waals surface area contributed by atoms with E-state index in [0.29, 0.717) is 41.7 Å². The zero-order valence-corrected chi connectivity index (χ0v) is 17.0. The van der Waals surface area contributed by atoms with E-state index in [9.17, 15) is 4.79 Å². The van der Waals surface area contributed by atoms with Gasteiger partial charge in [0.05, 0.1) is 37.8 Å². The number of ether oxygens (including phenoxy) is 3. The quantitative estimate of drug-likeness (QED) is 0.607. The van der Waals surface area contributed by atoms with Gasteiger partial charge < -0.3 is 19.1 Å². The highest BCUT2D eigenvalue weighted by molar-refractivity contribution is 6.32. The number of benzene rings is 2. The molecule has 28 heavy (non-hydrogen) atoms. The number of halogens is 1. The summed E-state index contributed by atoms with van der Waals surface area (Å²) in [6.07, 6.45) is 0.195. The van der Waals surface area contributed by atoms with Crippen molar-refractivity contribution in [1.29, 1.82) is 5.26 Å². The maximum absolute atomic E-state index is 13.2. The molecule has 2 rings (SSSR count). The molecular weight excluding hydrogens is 380 g/mol. The van der Waals surface area contributed by atoms with Gasteiger partial charge in [0.15, 0.2) is 11.5 Å². The summed E-state index contributed by atoms with van der Waals surface area (Å²) in [5.74, 6) is 1.20. The van der Waals surface area contributed by atoms with Crippen molar-refractivity contribution in [2.24, 2.45) is 0 Å². The van der Waals surface area contributed by atoms with E-state index in [-0.39, 0.29) is 23.9 Å². The molecule has 0 aliphatic rings. The molecule has 7 heteroatoms. The first-order chi connectivity index (χ1) is 13.5. The lowest BCUT2D eigenvalue weighted by atomic mass is 10.1. The largest absolute Gasteiger partial charge is 0.494 e. The highest BCUT2D eigenvalue weighted by Gasteiger charge is 2.21. The van der Waals surface area contributed by atoms with Crippen molar-refractivity contribution in [3.8, 4) is 23.3 Å². The van der Waals surface area contributed by atoms with E-state index in [1.54, 1.807) is 36.4 Å². The summed E-state index contributed by atoms with van der Waals surface area (Å²) in [4.78, 5) is 14.7. The van der Waals surface area contributed by atoms with Crippen molar-refractivity contribution in [2.75, 3.05) is 31.8 Å². The number of carbonyl (C=O) groups is 1. The van der Waals surface area contributed by atoms with Crippen molar-refractivity contribution in [2.45, 2.75) is 20.3 Å². The van der Waals surface area contributed by atoms with Gasteiger partial charge in [-0.15, -0.1) is 0 Å². The smallest absolute Gasteiger partial charge is 0.258 e. The van der Waals surface area contributed by atoms with Gasteiger partial charge in [0.25, 0.3) is 5.91 Å². The third kappa shape index (κ3) is 5.08. The van der Waals surface area contributed by atoms with Gasteiger partial charge in [0, 0.05) is 17.8 Å². The van der Waals surface area contributed by atoms with Gasteiger partial charge in [-0.25, -0.2) is 0 Å². The highest BCUT2D eigenvalue weighted by atomic mass is 35.5. The fourth-order valence-corrected chi connectivity index (χ4v) is 2.95. The molecule has 1 amide bonds. The molecule has 0 saturated heterocycles. The molecule has 0 fully saturated rings. The zero-order valence-electron chi connectivity index (χ0n) is 16.2. The number of anilines is 1. The molecule has 148 valence electrons. The van der Waals surface area contributed by atoms with Crippen molar-refractivity contribution >= 4 is 23.2 Å². The van der Waals surface area contributed by atoms with Crippen LogP contribution in [-0.2, 0) is 0 Å². The van der Waals surface area contributed by atoms with Crippen LogP contribution in [-0.4, -0.2) is 32.8 Å². The second-order valence-electron chi connectivity index (χ2n) is 5.71. The van der Waals surface area contributed by atoms with Crippen LogP contribution in [0.3, 0.4) is 0 Å². The molecule has 0 radical (unpaired) electrons. The number of carbonyl (C=O) groups excluding carboxylic acids is 1. The van der Waals surface area contributed by atoms with Crippen molar-refractivity contribution in [3.05, 3.63) is 47.0 Å². The number of hydrogen-bond donors (Lipinski definition) is 0. The lowest BCUT2D eigenvalue weighted by Gasteiger charge is -2.23. The van der Waals surface area contributed by atoms with Gasteiger partial charge in [-0.3, -0.25) is 4.79 Å². The predicted molar refractivity (Wildman–Crippen MR) is 109 cm³/mol. The number of methoxy groups -OCH3 is 1. The Balaban J connectivity index is 2.39. The van der Waals surface area contributed by atoms with Crippen LogP contribution in [0.2, 0.25) is 5.02 Å². The van der Waals surface area contributed by atoms with Crippen molar-refractivity contribution < 1.29 is 19.0 Å². The second-order valence-corrected chi connectivity index (χ2v) is 6.12. The summed E-state index contributed by atoms with van der Waals surface area (Å²) >= 11 is 6.30. The highest BCUT2D eigenvalue weighted by Crippen LogP contribution is 2.37. The maximum atomic E-state index is 13.2. The lowest BCUT2D eigenvalue weighted by molar-refractivity contribution is 0.0987. The molecule has 0 aliphatic carbocycles. The van der Waals surface area contributed by atoms with E-state index in [1.807, 2.05) is 13.8 Å². The molecule has 6 nitrogen and oxygen atoms in total. The van der Waals surface area contributed by atoms with E-state index >= 15 is 0 Å². The SMILES string of the molecule is CCOc1ccc(N(CCC#N)C(=O)c2cc(Cl)c(OCC)c(OC)c2)cc1. The van der Waals surface area contributed by atoms with Crippen LogP contribution in [0, 0.1) is 11.3 Å². The Bertz CT molecular complexity index is 847. The van der Waals surface area contributed by atoms with E-state index < -0.39 is 0 Å². The van der Waals surface area contributed by atoms with Gasteiger partial charge in [0.2, 0.25) is 0 Å². The van der Waals surface area contributed by atoms with Crippen LogP contribution in [0.15, 0.2) is 36.4 Å². The fraction of sp³-hybridized carbons (Fsp3) is 0.333. The Morgan fingerprint density at radius 2 is 1.82 bits per heavy atom. The average molecular weight is 403 g/mol. The van der Waals surface area contributed by atoms with Gasteiger partial charge in [-0.1, -0.05) is 11.6 Å². The molecule has 0 aromatic heterocycles. The summed E-state index contributed by atoms with van der Waals surface area (Å²) in [7, 11) is 1.49. The standard InChI is InChI=1S/C21H23ClN2O4/c1-4-27-17-9-7-16(8-10-17)24(12-6-11-23)21(25)15-13-18(22)20(28-5-2)19(14-15)26-3/h7-10,13-14H,4-6,12H2,1-3H3. The third-order valence-electron chi connectivity index (χ3n) is 3.92. The molecular formula is C21H23ClN2O4. The van der Waals surface area contributed by atoms with Crippen LogP contribution in [0.4, 0.5) is 5.69 Å². The Morgan fingerprint density at radius 3 is 2.39 bits per heavy atom. The van der Waals surface area contributed by atoms with Crippen LogP contribution >= 0.6 is 11.6 Å². The number of hydrogen-bond acceptors (Lipinski definition) is 5. The minimum Gasteiger partial charge on any atom is -0.494 e. The van der Waals surface area contributed by atoms with Crippen LogP contribution in [0.25, 0.3) is 0 Å². The van der Waals surface area contributed by atoms with Crippen LogP contribution < -0.4 is 19.1 Å². The lowest BCUT2D eigenvalue weighted by Crippen LogP contribution is -2.31. The van der Waals surface area contributed by atoms with Crippen LogP contribution in [0.5, 0.6) is 17.2 Å². The molecule has 2 aromatic carbocycles. The topological polar surface area (TPSA) is 71.8 Å². The summed E-state index contributed by atoms with van der Waals surface area (Å²) in [5, 5.41) is 9.27. The molecule has 0 heterocycles. The van der Waals surface area contributed by atoms with E-state index in [1.165, 1.54) is 12.0 Å². The molecule has 0 saturated carbocycles. The number of rotatable bonds is 9. The predicted octanol–water partition coefficient (Wildman–Crippen LogP) is 4.71. The van der Waals surface area contributed by atoms with Crippen LogP contribution in [0.1, 0.15) is 30.6 Å². The first-order valence-electron chi connectivity index (χ1n) is 8.97. The Labute approximate surface area is 170 Å². The molecule has 2 aromatic rings. The van der Waals surface area contributed by atoms with E-state index in [4.69, 9.17) is 31.1 Å². The minimum atomic E-state index is -0.289. The summed E-state index contributed by atoms with van der Waals surface area (Å²) < 4.78 is 16.3. The average Bonchev–Trinajstić information content (AvgIpc) is 2.70. The first kappa shape index (κ1) is 21.4. The minimum absolute atomic E-state index is 0.195. The molecule has 0 spiro atoms. The van der Waals surface area contributed by atoms with Gasteiger partial charge in [0.1, 0.15) is 5.75 Å². The van der Waals surface area contributed by atoms with Gasteiger partial charge >= 0.3 is 0 Å². The first-order valence-corrected chi connectivity index (χ1v) is 9.35. The number of amides is 1. The van der Waals surface area contributed by atoms with E-state index in [2.05, 4.69) is 6.07 Å². The van der Waals surface area contributed by atoms with Gasteiger partial charge in [-0.05, 0) is 50.2 Å². The molecule has 0 bridgehead atoms. The molecule has 0 unspecified atom stereocenters. The monoisotopic (exact) mass is 402 g/mol. The molecule has 0 atom stereocenters. The number of nitrogens with zero attached hydrogens (tertiary/aromatic N) is 2. The number of nitriles is 1. The third-order valence-corrected chi connectivity index (χ3v) is 4.20.